The van der Waals surface area contributed by atoms with Crippen molar-refractivity contribution in [3.63, 3.8) is 0 Å². The maximum atomic E-state index is 6.30. The predicted octanol–water partition coefficient (Wildman–Crippen LogP) is 5.76. The highest BCUT2D eigenvalue weighted by Gasteiger charge is 2.34. The molecule has 2 atom stereocenters. The quantitative estimate of drug-likeness (QED) is 0.466. The lowest BCUT2D eigenvalue weighted by molar-refractivity contribution is -0.132. The van der Waals surface area contributed by atoms with Crippen LogP contribution in [0, 0.1) is 0 Å². The van der Waals surface area contributed by atoms with Crippen molar-refractivity contribution in [1.82, 2.24) is 0 Å². The molecule has 4 aromatic rings. The van der Waals surface area contributed by atoms with Crippen molar-refractivity contribution in [3.05, 3.63) is 95.6 Å². The lowest BCUT2D eigenvalue weighted by atomic mass is 9.92. The maximum absolute atomic E-state index is 6.30. The van der Waals surface area contributed by atoms with Gasteiger partial charge in [-0.05, 0) is 33.2 Å². The molecule has 122 valence electrons. The third kappa shape index (κ3) is 2.26. The first-order chi connectivity index (χ1) is 12.3. The lowest BCUT2D eigenvalue weighted by Crippen LogP contribution is -2.02. The molecule has 0 bridgehead atoms. The molecule has 4 aromatic carbocycles. The second-order valence-corrected chi connectivity index (χ2v) is 6.48. The Balaban J connectivity index is 1.74. The van der Waals surface area contributed by atoms with Crippen LogP contribution in [-0.4, -0.2) is 7.11 Å². The van der Waals surface area contributed by atoms with E-state index in [1.165, 1.54) is 27.1 Å². The fraction of sp³-hybridized carbons (Fsp3) is 0.130. The molecular formula is C23H18O2. The zero-order valence-electron chi connectivity index (χ0n) is 14.0. The topological polar surface area (TPSA) is 18.5 Å². The molecule has 0 aromatic heterocycles. The van der Waals surface area contributed by atoms with Crippen molar-refractivity contribution in [2.75, 3.05) is 7.11 Å². The van der Waals surface area contributed by atoms with Crippen LogP contribution in [0.2, 0.25) is 0 Å². The Morgan fingerprint density at radius 1 is 0.760 bits per heavy atom. The van der Waals surface area contributed by atoms with Gasteiger partial charge in [0.15, 0.2) is 6.29 Å². The largest absolute Gasteiger partial charge is 0.352 e. The van der Waals surface area contributed by atoms with E-state index in [-0.39, 0.29) is 12.4 Å². The van der Waals surface area contributed by atoms with E-state index in [9.17, 15) is 0 Å². The molecule has 0 unspecified atom stereocenters. The van der Waals surface area contributed by atoms with Crippen molar-refractivity contribution < 1.29 is 9.47 Å². The number of methoxy groups -OCH3 is 1. The Morgan fingerprint density at radius 3 is 2.32 bits per heavy atom. The average Bonchev–Trinajstić information content (AvgIpc) is 3.07. The highest BCUT2D eigenvalue weighted by molar-refractivity contribution is 5.89. The van der Waals surface area contributed by atoms with E-state index in [0.717, 1.165) is 11.1 Å². The van der Waals surface area contributed by atoms with E-state index in [4.69, 9.17) is 9.47 Å². The Labute approximate surface area is 146 Å². The molecule has 0 N–H and O–H groups in total. The van der Waals surface area contributed by atoms with Gasteiger partial charge in [-0.2, -0.15) is 0 Å². The molecule has 1 heterocycles. The summed E-state index contributed by atoms with van der Waals surface area (Å²) in [6.07, 6.45) is -0.438. The number of hydrogen-bond acceptors (Lipinski definition) is 2. The summed E-state index contributed by atoms with van der Waals surface area (Å²) in [4.78, 5) is 0. The van der Waals surface area contributed by atoms with Crippen molar-refractivity contribution in [2.24, 2.45) is 0 Å². The van der Waals surface area contributed by atoms with Crippen LogP contribution in [0.15, 0.2) is 78.9 Å². The zero-order chi connectivity index (χ0) is 16.8. The number of fused-ring (bicyclic) bond motifs is 4. The first-order valence-electron chi connectivity index (χ1n) is 8.53. The van der Waals surface area contributed by atoms with Gasteiger partial charge in [-0.3, -0.25) is 0 Å². The van der Waals surface area contributed by atoms with E-state index in [0.29, 0.717) is 0 Å². The smallest absolute Gasteiger partial charge is 0.185 e. The molecule has 0 fully saturated rings. The van der Waals surface area contributed by atoms with Crippen molar-refractivity contribution in [2.45, 2.75) is 12.4 Å². The van der Waals surface area contributed by atoms with Crippen LogP contribution in [-0.2, 0) is 9.47 Å². The maximum Gasteiger partial charge on any atom is 0.185 e. The van der Waals surface area contributed by atoms with Crippen LogP contribution in [0.3, 0.4) is 0 Å². The van der Waals surface area contributed by atoms with Crippen LogP contribution >= 0.6 is 0 Å². The normalized spacial score (nSPS) is 19.4. The third-order valence-electron chi connectivity index (χ3n) is 5.07. The van der Waals surface area contributed by atoms with Crippen LogP contribution in [0.4, 0.5) is 0 Å². The Morgan fingerprint density at radius 2 is 1.48 bits per heavy atom. The predicted molar refractivity (Wildman–Crippen MR) is 101 cm³/mol. The number of ether oxygens (including phenoxy) is 2. The number of benzene rings is 4. The molecule has 2 nitrogen and oxygen atoms in total. The van der Waals surface area contributed by atoms with E-state index in [1.54, 1.807) is 7.11 Å². The van der Waals surface area contributed by atoms with E-state index in [2.05, 4.69) is 78.9 Å². The highest BCUT2D eigenvalue weighted by atomic mass is 16.7. The molecule has 0 amide bonds. The molecule has 0 saturated carbocycles. The standard InChI is InChI=1S/C23H18O2/c1-24-23-20-13-12-16-7-4-5-9-19(16)21(20)22(25-23)18-11-10-15-6-2-3-8-17(15)14-18/h2-14,22-23H,1H3/t22-,23+/m0/s1. The van der Waals surface area contributed by atoms with Gasteiger partial charge in [0.05, 0.1) is 0 Å². The van der Waals surface area contributed by atoms with Gasteiger partial charge >= 0.3 is 0 Å². The van der Waals surface area contributed by atoms with E-state index in [1.807, 2.05) is 0 Å². The van der Waals surface area contributed by atoms with Crippen LogP contribution in [0.5, 0.6) is 0 Å². The van der Waals surface area contributed by atoms with Gasteiger partial charge in [0.25, 0.3) is 0 Å². The molecule has 25 heavy (non-hydrogen) atoms. The number of rotatable bonds is 2. The summed E-state index contributed by atoms with van der Waals surface area (Å²) in [7, 11) is 1.70. The molecule has 0 spiro atoms. The van der Waals surface area contributed by atoms with Gasteiger partial charge in [-0.1, -0.05) is 72.8 Å². The minimum atomic E-state index is -0.323. The van der Waals surface area contributed by atoms with E-state index < -0.39 is 0 Å². The Hall–Kier alpha value is -2.68. The van der Waals surface area contributed by atoms with Gasteiger partial charge in [-0.25, -0.2) is 0 Å². The van der Waals surface area contributed by atoms with Gasteiger partial charge < -0.3 is 9.47 Å². The summed E-state index contributed by atoms with van der Waals surface area (Å²) in [5.41, 5.74) is 3.51. The summed E-state index contributed by atoms with van der Waals surface area (Å²) >= 11 is 0. The summed E-state index contributed by atoms with van der Waals surface area (Å²) in [6.45, 7) is 0. The molecular weight excluding hydrogens is 308 g/mol. The first-order valence-corrected chi connectivity index (χ1v) is 8.53. The molecule has 0 radical (unpaired) electrons. The lowest BCUT2D eigenvalue weighted by Gasteiger charge is -2.15. The van der Waals surface area contributed by atoms with Crippen LogP contribution in [0.25, 0.3) is 21.5 Å². The molecule has 0 saturated heterocycles. The average molecular weight is 326 g/mol. The minimum Gasteiger partial charge on any atom is -0.352 e. The van der Waals surface area contributed by atoms with Crippen molar-refractivity contribution in [3.8, 4) is 0 Å². The van der Waals surface area contributed by atoms with E-state index >= 15 is 0 Å². The van der Waals surface area contributed by atoms with Gasteiger partial charge in [0, 0.05) is 18.2 Å². The second kappa shape index (κ2) is 5.69. The highest BCUT2D eigenvalue weighted by Crippen LogP contribution is 2.46. The van der Waals surface area contributed by atoms with Crippen molar-refractivity contribution >= 4 is 21.5 Å². The van der Waals surface area contributed by atoms with Crippen LogP contribution in [0.1, 0.15) is 29.1 Å². The fourth-order valence-electron chi connectivity index (χ4n) is 3.87. The summed E-state index contributed by atoms with van der Waals surface area (Å²) in [6, 6.07) is 27.7. The third-order valence-corrected chi connectivity index (χ3v) is 5.07. The monoisotopic (exact) mass is 326 g/mol. The van der Waals surface area contributed by atoms with Gasteiger partial charge in [0.1, 0.15) is 6.10 Å². The summed E-state index contributed by atoms with van der Waals surface area (Å²) in [5.74, 6) is 0. The molecule has 1 aliphatic rings. The fourth-order valence-corrected chi connectivity index (χ4v) is 3.87. The van der Waals surface area contributed by atoms with Crippen molar-refractivity contribution in [1.29, 1.82) is 0 Å². The Bertz CT molecular complexity index is 1080. The minimum absolute atomic E-state index is 0.115. The molecule has 5 rings (SSSR count). The SMILES string of the molecule is CO[C@@H]1O[C@@H](c2ccc3ccccc3c2)c2c1ccc1ccccc21. The van der Waals surface area contributed by atoms with Crippen LogP contribution < -0.4 is 0 Å². The molecule has 1 aliphatic heterocycles. The summed E-state index contributed by atoms with van der Waals surface area (Å²) in [5, 5.41) is 4.93. The second-order valence-electron chi connectivity index (χ2n) is 6.48. The molecule has 2 heteroatoms. The van der Waals surface area contributed by atoms with Gasteiger partial charge in [-0.15, -0.1) is 0 Å². The number of hydrogen-bond donors (Lipinski definition) is 0. The summed E-state index contributed by atoms with van der Waals surface area (Å²) < 4.78 is 11.9. The van der Waals surface area contributed by atoms with Gasteiger partial charge in [0.2, 0.25) is 0 Å². The molecule has 0 aliphatic carbocycles. The zero-order valence-corrected chi connectivity index (χ0v) is 14.0. The Kier molecular flexibility index (Phi) is 3.34. The first kappa shape index (κ1) is 14.6.